The fourth-order valence-electron chi connectivity index (χ4n) is 3.70. The minimum absolute atomic E-state index is 0.307. The smallest absolute Gasteiger partial charge is 0.334 e. The van der Waals surface area contributed by atoms with Gasteiger partial charge < -0.3 is 20.0 Å². The molecule has 172 valence electrons. The van der Waals surface area contributed by atoms with Crippen LogP contribution < -0.4 is 26.4 Å². The predicted molar refractivity (Wildman–Crippen MR) is 124 cm³/mol. The number of methoxy groups -OCH3 is 1. The van der Waals surface area contributed by atoms with E-state index in [1.807, 2.05) is 43.3 Å². The average molecular weight is 450 g/mol. The first-order chi connectivity index (χ1) is 16.0. The van der Waals surface area contributed by atoms with Crippen molar-refractivity contribution in [3.05, 3.63) is 64.7 Å². The third-order valence-corrected chi connectivity index (χ3v) is 5.21. The van der Waals surface area contributed by atoms with Gasteiger partial charge in [-0.25, -0.2) is 19.3 Å². The summed E-state index contributed by atoms with van der Waals surface area (Å²) in [5.41, 5.74) is 11.3. The van der Waals surface area contributed by atoms with Gasteiger partial charge in [-0.15, -0.1) is 0 Å². The van der Waals surface area contributed by atoms with E-state index >= 15 is 0 Å². The van der Waals surface area contributed by atoms with Crippen molar-refractivity contribution >= 4 is 11.2 Å². The second-order valence-electron chi connectivity index (χ2n) is 7.21. The molecule has 10 heteroatoms. The van der Waals surface area contributed by atoms with E-state index in [1.54, 1.807) is 26.3 Å². The summed E-state index contributed by atoms with van der Waals surface area (Å²) in [6.45, 7) is 2.49. The Bertz CT molecular complexity index is 1330. The van der Waals surface area contributed by atoms with Crippen molar-refractivity contribution in [3.63, 3.8) is 0 Å². The highest BCUT2D eigenvalue weighted by molar-refractivity contribution is 5.80. The zero-order valence-corrected chi connectivity index (χ0v) is 18.9. The van der Waals surface area contributed by atoms with Crippen molar-refractivity contribution in [1.82, 2.24) is 24.6 Å². The molecule has 4 rings (SSSR count). The highest BCUT2D eigenvalue weighted by Crippen LogP contribution is 2.29. The summed E-state index contributed by atoms with van der Waals surface area (Å²) in [4.78, 5) is 27.8. The summed E-state index contributed by atoms with van der Waals surface area (Å²) in [7, 11) is 4.67. The number of rotatable bonds is 8. The molecule has 0 aliphatic heterocycles. The Morgan fingerprint density at radius 3 is 2.48 bits per heavy atom. The Kier molecular flexibility index (Phi) is 6.40. The van der Waals surface area contributed by atoms with E-state index in [4.69, 9.17) is 30.0 Å². The molecule has 0 aliphatic carbocycles. The monoisotopic (exact) mass is 450 g/mol. The molecular formula is C23H26N6O4. The van der Waals surface area contributed by atoms with Gasteiger partial charge in [0.05, 0.1) is 26.5 Å². The van der Waals surface area contributed by atoms with Crippen LogP contribution in [-0.4, -0.2) is 39.9 Å². The van der Waals surface area contributed by atoms with Crippen molar-refractivity contribution in [2.45, 2.75) is 13.1 Å². The van der Waals surface area contributed by atoms with Crippen molar-refractivity contribution < 1.29 is 14.3 Å². The van der Waals surface area contributed by atoms with Crippen LogP contribution in [0.3, 0.4) is 0 Å². The van der Waals surface area contributed by atoms with Crippen LogP contribution in [0.15, 0.2) is 53.3 Å². The van der Waals surface area contributed by atoms with Crippen LogP contribution in [0.4, 0.5) is 0 Å². The van der Waals surface area contributed by atoms with Gasteiger partial charge in [-0.1, -0.05) is 12.1 Å². The Morgan fingerprint density at radius 1 is 1.09 bits per heavy atom. The quantitative estimate of drug-likeness (QED) is 0.310. The zero-order valence-electron chi connectivity index (χ0n) is 18.9. The van der Waals surface area contributed by atoms with Crippen molar-refractivity contribution in [3.8, 4) is 28.6 Å². The molecule has 0 fully saturated rings. The molecule has 2 heterocycles. The Balaban J connectivity index is 2.02. The number of ether oxygens (including phenoxy) is 2. The Hall–Kier alpha value is -3.73. The van der Waals surface area contributed by atoms with Gasteiger partial charge in [0.15, 0.2) is 11.5 Å². The van der Waals surface area contributed by atoms with E-state index in [2.05, 4.69) is 5.48 Å². The summed E-state index contributed by atoms with van der Waals surface area (Å²) < 4.78 is 14.0. The van der Waals surface area contributed by atoms with E-state index < -0.39 is 6.17 Å². The van der Waals surface area contributed by atoms with Gasteiger partial charge in [0.2, 0.25) is 0 Å². The van der Waals surface area contributed by atoms with Crippen LogP contribution in [0, 0.1) is 0 Å². The van der Waals surface area contributed by atoms with E-state index in [0.29, 0.717) is 40.7 Å². The van der Waals surface area contributed by atoms with E-state index in [9.17, 15) is 4.79 Å². The molecule has 2 aromatic heterocycles. The molecule has 0 bridgehead atoms. The summed E-state index contributed by atoms with van der Waals surface area (Å²) in [5.74, 6) is 1.68. The number of imidazole rings is 1. The number of hydrogen-bond donors (Lipinski definition) is 2. The van der Waals surface area contributed by atoms with Crippen LogP contribution >= 0.6 is 0 Å². The summed E-state index contributed by atoms with van der Waals surface area (Å²) in [6.07, 6.45) is -0.805. The molecule has 0 spiro atoms. The Morgan fingerprint density at radius 2 is 1.82 bits per heavy atom. The number of hydroxylamine groups is 1. The standard InChI is InChI=1S/C23H26N6O4/c1-5-33-15-12-10-14(11-13-15)21-25-18(20(24)27-32-4)19-22(26-21)29(23(30)28(19)2)16-8-6-7-9-17(16)31-3/h6-13,20,27H,5,24H2,1-4H3. The molecule has 0 amide bonds. The van der Waals surface area contributed by atoms with Gasteiger partial charge in [0.25, 0.3) is 0 Å². The second-order valence-corrected chi connectivity index (χ2v) is 7.21. The Labute approximate surface area is 190 Å². The first-order valence-corrected chi connectivity index (χ1v) is 10.4. The minimum Gasteiger partial charge on any atom is -0.495 e. The molecule has 10 nitrogen and oxygen atoms in total. The maximum Gasteiger partial charge on any atom is 0.334 e. The molecule has 33 heavy (non-hydrogen) atoms. The molecule has 2 aromatic carbocycles. The molecule has 0 aliphatic rings. The van der Waals surface area contributed by atoms with Crippen LogP contribution in [0.5, 0.6) is 11.5 Å². The van der Waals surface area contributed by atoms with Crippen molar-refractivity contribution in [2.75, 3.05) is 20.8 Å². The normalized spacial score (nSPS) is 12.2. The van der Waals surface area contributed by atoms with Gasteiger partial charge in [0.1, 0.15) is 28.9 Å². The lowest BCUT2D eigenvalue weighted by Crippen LogP contribution is -2.29. The number of fused-ring (bicyclic) bond motifs is 1. The largest absolute Gasteiger partial charge is 0.495 e. The molecule has 0 saturated carbocycles. The van der Waals surface area contributed by atoms with E-state index in [0.717, 1.165) is 11.3 Å². The van der Waals surface area contributed by atoms with Gasteiger partial charge >= 0.3 is 5.69 Å². The number of aryl methyl sites for hydroxylation is 1. The number of aromatic nitrogens is 4. The maximum atomic E-state index is 13.3. The van der Waals surface area contributed by atoms with Crippen molar-refractivity contribution in [1.29, 1.82) is 0 Å². The highest BCUT2D eigenvalue weighted by atomic mass is 16.6. The fourth-order valence-corrected chi connectivity index (χ4v) is 3.70. The first-order valence-electron chi connectivity index (χ1n) is 10.4. The predicted octanol–water partition coefficient (Wildman–Crippen LogP) is 2.30. The average Bonchev–Trinajstić information content (AvgIpc) is 3.09. The highest BCUT2D eigenvalue weighted by Gasteiger charge is 2.24. The van der Waals surface area contributed by atoms with Crippen molar-refractivity contribution in [2.24, 2.45) is 12.8 Å². The second kappa shape index (κ2) is 9.41. The van der Waals surface area contributed by atoms with Gasteiger partial charge in [-0.3, -0.25) is 4.57 Å². The van der Waals surface area contributed by atoms with E-state index in [-0.39, 0.29) is 5.69 Å². The van der Waals surface area contributed by atoms with Gasteiger partial charge in [-0.05, 0) is 43.3 Å². The van der Waals surface area contributed by atoms with E-state index in [1.165, 1.54) is 16.2 Å². The molecule has 3 N–H and O–H groups in total. The van der Waals surface area contributed by atoms with Crippen LogP contribution in [-0.2, 0) is 11.9 Å². The number of hydrogen-bond acceptors (Lipinski definition) is 8. The summed E-state index contributed by atoms with van der Waals surface area (Å²) >= 11 is 0. The number of para-hydroxylation sites is 2. The lowest BCUT2D eigenvalue weighted by atomic mass is 10.2. The molecule has 1 atom stereocenters. The molecule has 4 aromatic rings. The molecule has 0 saturated heterocycles. The number of nitrogens with one attached hydrogen (secondary N) is 1. The van der Waals surface area contributed by atoms with Crippen LogP contribution in [0.25, 0.3) is 28.2 Å². The molecule has 1 unspecified atom stereocenters. The summed E-state index contributed by atoms with van der Waals surface area (Å²) in [5, 5.41) is 0. The SMILES string of the molecule is CCOc1ccc(-c2nc(C(N)NOC)c3c(n2)n(-c2ccccc2OC)c(=O)n3C)cc1. The number of nitrogens with two attached hydrogens (primary N) is 1. The molecule has 0 radical (unpaired) electrons. The first kappa shape index (κ1) is 22.5. The minimum atomic E-state index is -0.805. The lowest BCUT2D eigenvalue weighted by Gasteiger charge is -2.15. The zero-order chi connectivity index (χ0) is 23.5. The summed E-state index contributed by atoms with van der Waals surface area (Å²) in [6, 6.07) is 14.7. The lowest BCUT2D eigenvalue weighted by molar-refractivity contribution is 0.0615. The number of nitrogens with zero attached hydrogens (tertiary/aromatic N) is 4. The van der Waals surface area contributed by atoms with Crippen LogP contribution in [0.2, 0.25) is 0 Å². The fraction of sp³-hybridized carbons (Fsp3) is 0.261. The van der Waals surface area contributed by atoms with Gasteiger partial charge in [-0.2, -0.15) is 5.48 Å². The number of benzene rings is 2. The molecular weight excluding hydrogens is 424 g/mol. The topological polar surface area (TPSA) is 118 Å². The van der Waals surface area contributed by atoms with Crippen LogP contribution in [0.1, 0.15) is 18.8 Å². The van der Waals surface area contributed by atoms with Gasteiger partial charge in [0, 0.05) is 12.6 Å². The third kappa shape index (κ3) is 4.07. The maximum absolute atomic E-state index is 13.3. The third-order valence-electron chi connectivity index (χ3n) is 5.21.